The van der Waals surface area contributed by atoms with E-state index in [0.29, 0.717) is 5.69 Å². The predicted octanol–water partition coefficient (Wildman–Crippen LogP) is 2.09. The molecule has 1 N–H and O–H groups in total. The summed E-state index contributed by atoms with van der Waals surface area (Å²) in [6.07, 6.45) is 8.40. The van der Waals surface area contributed by atoms with Crippen molar-refractivity contribution in [3.8, 4) is 0 Å². The largest absolute Gasteiger partial charge is 0.481 e. The molecule has 4 heteroatoms. The van der Waals surface area contributed by atoms with Gasteiger partial charge in [0.1, 0.15) is 0 Å². The number of carboxylic acids is 1. The Labute approximate surface area is 89.9 Å². The van der Waals surface area contributed by atoms with Crippen molar-refractivity contribution in [2.45, 2.75) is 45.6 Å². The van der Waals surface area contributed by atoms with Gasteiger partial charge in [0, 0.05) is 12.7 Å². The minimum Gasteiger partial charge on any atom is -0.481 e. The molecule has 0 aliphatic rings. The molecule has 0 spiro atoms. The van der Waals surface area contributed by atoms with Gasteiger partial charge in [0.05, 0.1) is 18.4 Å². The Morgan fingerprint density at radius 3 is 2.93 bits per heavy atom. The highest BCUT2D eigenvalue weighted by molar-refractivity contribution is 5.69. The summed E-state index contributed by atoms with van der Waals surface area (Å²) in [5.74, 6) is -0.828. The first-order valence-corrected chi connectivity index (χ1v) is 5.45. The normalized spacial score (nSPS) is 10.5. The van der Waals surface area contributed by atoms with E-state index in [0.717, 1.165) is 13.0 Å². The van der Waals surface area contributed by atoms with Crippen molar-refractivity contribution in [3.63, 3.8) is 0 Å². The van der Waals surface area contributed by atoms with Crippen LogP contribution in [0.5, 0.6) is 0 Å². The van der Waals surface area contributed by atoms with Crippen LogP contribution in [0.3, 0.4) is 0 Å². The van der Waals surface area contributed by atoms with Crippen LogP contribution in [-0.2, 0) is 17.8 Å². The number of aromatic nitrogens is 2. The Balaban J connectivity index is 2.29. The maximum atomic E-state index is 10.4. The van der Waals surface area contributed by atoms with Gasteiger partial charge in [-0.15, -0.1) is 0 Å². The third-order valence-electron chi connectivity index (χ3n) is 2.29. The van der Waals surface area contributed by atoms with Gasteiger partial charge in [-0.2, -0.15) is 0 Å². The quantitative estimate of drug-likeness (QED) is 0.701. The van der Waals surface area contributed by atoms with Crippen molar-refractivity contribution in [1.82, 2.24) is 9.55 Å². The van der Waals surface area contributed by atoms with Gasteiger partial charge in [-0.25, -0.2) is 4.98 Å². The number of nitrogens with zero attached hydrogens (tertiary/aromatic N) is 2. The summed E-state index contributed by atoms with van der Waals surface area (Å²) in [5.41, 5.74) is 0.637. The van der Waals surface area contributed by atoms with Gasteiger partial charge in [0.15, 0.2) is 0 Å². The molecule has 0 bridgehead atoms. The molecule has 15 heavy (non-hydrogen) atoms. The van der Waals surface area contributed by atoms with Gasteiger partial charge in [-0.1, -0.05) is 26.2 Å². The van der Waals surface area contributed by atoms with Crippen molar-refractivity contribution in [3.05, 3.63) is 18.2 Å². The van der Waals surface area contributed by atoms with E-state index in [1.54, 1.807) is 6.33 Å². The van der Waals surface area contributed by atoms with Crippen LogP contribution in [0.4, 0.5) is 0 Å². The monoisotopic (exact) mass is 210 g/mol. The lowest BCUT2D eigenvalue weighted by Gasteiger charge is -2.00. The second-order valence-electron chi connectivity index (χ2n) is 3.73. The molecule has 0 aromatic carbocycles. The Bertz CT molecular complexity index is 307. The highest BCUT2D eigenvalue weighted by Crippen LogP contribution is 2.03. The zero-order valence-corrected chi connectivity index (χ0v) is 9.15. The summed E-state index contributed by atoms with van der Waals surface area (Å²) >= 11 is 0. The maximum absolute atomic E-state index is 10.4. The van der Waals surface area contributed by atoms with Crippen LogP contribution in [-0.4, -0.2) is 20.6 Å². The first-order chi connectivity index (χ1) is 7.22. The third-order valence-corrected chi connectivity index (χ3v) is 2.29. The molecule has 0 radical (unpaired) electrons. The van der Waals surface area contributed by atoms with E-state index in [2.05, 4.69) is 11.9 Å². The number of aryl methyl sites for hydroxylation is 1. The molecular weight excluding hydrogens is 192 g/mol. The molecule has 0 unspecified atom stereocenters. The molecule has 0 fully saturated rings. The molecule has 0 saturated carbocycles. The van der Waals surface area contributed by atoms with Crippen molar-refractivity contribution in [2.24, 2.45) is 0 Å². The number of unbranched alkanes of at least 4 members (excludes halogenated alkanes) is 3. The Morgan fingerprint density at radius 1 is 1.47 bits per heavy atom. The van der Waals surface area contributed by atoms with Crippen molar-refractivity contribution >= 4 is 5.97 Å². The fourth-order valence-corrected chi connectivity index (χ4v) is 1.50. The van der Waals surface area contributed by atoms with Gasteiger partial charge in [0.25, 0.3) is 0 Å². The fourth-order valence-electron chi connectivity index (χ4n) is 1.50. The van der Waals surface area contributed by atoms with Crippen LogP contribution in [0.15, 0.2) is 12.5 Å². The van der Waals surface area contributed by atoms with Crippen LogP contribution in [0, 0.1) is 0 Å². The molecular formula is C11H18N2O2. The first kappa shape index (κ1) is 11.8. The van der Waals surface area contributed by atoms with E-state index >= 15 is 0 Å². The molecule has 1 heterocycles. The molecule has 0 atom stereocenters. The average Bonchev–Trinajstić information content (AvgIpc) is 2.59. The lowest BCUT2D eigenvalue weighted by atomic mass is 10.2. The first-order valence-electron chi connectivity index (χ1n) is 5.45. The number of imidazole rings is 1. The van der Waals surface area contributed by atoms with Gasteiger partial charge in [0.2, 0.25) is 0 Å². The molecule has 1 aromatic heterocycles. The number of carboxylic acid groups (broad SMARTS) is 1. The highest BCUT2D eigenvalue weighted by Gasteiger charge is 2.03. The molecule has 84 valence electrons. The van der Waals surface area contributed by atoms with E-state index < -0.39 is 5.97 Å². The van der Waals surface area contributed by atoms with Crippen molar-refractivity contribution < 1.29 is 9.90 Å². The summed E-state index contributed by atoms with van der Waals surface area (Å²) in [6.45, 7) is 3.12. The molecule has 1 aromatic rings. The average molecular weight is 210 g/mol. The molecule has 0 aliphatic heterocycles. The summed E-state index contributed by atoms with van der Waals surface area (Å²) < 4.78 is 1.97. The van der Waals surface area contributed by atoms with E-state index in [-0.39, 0.29) is 6.42 Å². The van der Waals surface area contributed by atoms with E-state index in [1.165, 1.54) is 19.3 Å². The van der Waals surface area contributed by atoms with E-state index in [4.69, 9.17) is 5.11 Å². The third kappa shape index (κ3) is 4.63. The molecule has 4 nitrogen and oxygen atoms in total. The maximum Gasteiger partial charge on any atom is 0.309 e. The summed E-state index contributed by atoms with van der Waals surface area (Å²) in [7, 11) is 0. The summed E-state index contributed by atoms with van der Waals surface area (Å²) in [5, 5.41) is 8.57. The van der Waals surface area contributed by atoms with E-state index in [1.807, 2.05) is 10.8 Å². The van der Waals surface area contributed by atoms with E-state index in [9.17, 15) is 4.79 Å². The number of carbonyl (C=O) groups is 1. The SMILES string of the molecule is CCCCCCn1cnc(CC(=O)O)c1. The summed E-state index contributed by atoms with van der Waals surface area (Å²) in [6, 6.07) is 0. The molecule has 0 amide bonds. The Hall–Kier alpha value is -1.32. The Kier molecular flexibility index (Phi) is 4.87. The second kappa shape index (κ2) is 6.22. The minimum absolute atomic E-state index is 0.0158. The number of rotatable bonds is 7. The van der Waals surface area contributed by atoms with Gasteiger partial charge in [-0.3, -0.25) is 4.79 Å². The van der Waals surface area contributed by atoms with Crippen LogP contribution >= 0.6 is 0 Å². The van der Waals surface area contributed by atoms with Crippen molar-refractivity contribution in [2.75, 3.05) is 0 Å². The minimum atomic E-state index is -0.828. The van der Waals surface area contributed by atoms with Crippen molar-refractivity contribution in [1.29, 1.82) is 0 Å². The van der Waals surface area contributed by atoms with Gasteiger partial charge < -0.3 is 9.67 Å². The zero-order valence-electron chi connectivity index (χ0n) is 9.15. The van der Waals surface area contributed by atoms with Crippen LogP contribution < -0.4 is 0 Å². The topological polar surface area (TPSA) is 55.1 Å². The molecule has 1 rings (SSSR count). The predicted molar refractivity (Wildman–Crippen MR) is 57.7 cm³/mol. The van der Waals surface area contributed by atoms with Crippen LogP contribution in [0.1, 0.15) is 38.3 Å². The zero-order chi connectivity index (χ0) is 11.1. The smallest absolute Gasteiger partial charge is 0.309 e. The van der Waals surface area contributed by atoms with Gasteiger partial charge in [-0.05, 0) is 6.42 Å². The summed E-state index contributed by atoms with van der Waals surface area (Å²) in [4.78, 5) is 14.5. The van der Waals surface area contributed by atoms with Gasteiger partial charge >= 0.3 is 5.97 Å². The standard InChI is InChI=1S/C11H18N2O2/c1-2-3-4-5-6-13-8-10(12-9-13)7-11(14)15/h8-9H,2-7H2,1H3,(H,14,15). The highest BCUT2D eigenvalue weighted by atomic mass is 16.4. The second-order valence-corrected chi connectivity index (χ2v) is 3.73. The lowest BCUT2D eigenvalue weighted by molar-refractivity contribution is -0.136. The van der Waals surface area contributed by atoms with Crippen LogP contribution in [0.25, 0.3) is 0 Å². The number of hydrogen-bond acceptors (Lipinski definition) is 2. The van der Waals surface area contributed by atoms with Crippen LogP contribution in [0.2, 0.25) is 0 Å². The molecule has 0 aliphatic carbocycles. The number of hydrogen-bond donors (Lipinski definition) is 1. The molecule has 0 saturated heterocycles. The fraction of sp³-hybridized carbons (Fsp3) is 0.636. The number of aliphatic carboxylic acids is 1. The Morgan fingerprint density at radius 2 is 2.27 bits per heavy atom. The lowest BCUT2D eigenvalue weighted by Crippen LogP contribution is -2.00.